The van der Waals surface area contributed by atoms with Crippen molar-refractivity contribution in [3.05, 3.63) is 77.4 Å². The number of para-hydroxylation sites is 2. The van der Waals surface area contributed by atoms with Crippen molar-refractivity contribution in [1.82, 2.24) is 4.98 Å². The summed E-state index contributed by atoms with van der Waals surface area (Å²) in [7, 11) is 0.856. The zero-order valence-electron chi connectivity index (χ0n) is 15.3. The Morgan fingerprint density at radius 1 is 0.933 bits per heavy atom. The molecule has 0 radical (unpaired) electrons. The van der Waals surface area contributed by atoms with Crippen molar-refractivity contribution in [1.29, 1.82) is 0 Å². The number of amides is 1. The van der Waals surface area contributed by atoms with Crippen LogP contribution in [0.4, 0.5) is 23.2 Å². The number of nitrogens with zero attached hydrogens (tertiary/aromatic N) is 1. The van der Waals surface area contributed by atoms with E-state index in [0.717, 1.165) is 17.3 Å². The van der Waals surface area contributed by atoms with Gasteiger partial charge in [-0.1, -0.05) is 24.3 Å². The number of ether oxygens (including phenoxy) is 1. The van der Waals surface area contributed by atoms with E-state index >= 15 is 0 Å². The molecule has 0 atom stereocenters. The van der Waals surface area contributed by atoms with Crippen LogP contribution in [0.15, 0.2) is 48.5 Å². The number of carbonyl (C=O) groups is 1. The molecule has 0 saturated carbocycles. The number of hydrogen-bond donors (Lipinski definition) is 1. The fourth-order valence-corrected chi connectivity index (χ4v) is 3.95. The molecule has 0 aliphatic carbocycles. The first-order chi connectivity index (χ1) is 14.4. The van der Waals surface area contributed by atoms with Crippen LogP contribution in [0.2, 0.25) is 0 Å². The van der Waals surface area contributed by atoms with E-state index in [0.29, 0.717) is 10.6 Å². The zero-order chi connectivity index (χ0) is 21.4. The van der Waals surface area contributed by atoms with E-state index < -0.39 is 40.5 Å². The molecule has 0 unspecified atom stereocenters. The molecule has 1 heterocycles. The van der Waals surface area contributed by atoms with Crippen molar-refractivity contribution in [3.63, 3.8) is 0 Å². The lowest BCUT2D eigenvalue weighted by Crippen LogP contribution is -2.19. The number of aromatic nitrogens is 1. The minimum atomic E-state index is -1.85. The van der Waals surface area contributed by atoms with E-state index in [2.05, 4.69) is 15.0 Å². The first kappa shape index (κ1) is 19.8. The van der Waals surface area contributed by atoms with E-state index in [1.807, 2.05) is 24.3 Å². The molecule has 0 fully saturated rings. The average Bonchev–Trinajstić information content (AvgIpc) is 3.17. The molecule has 0 aliphatic rings. The molecule has 9 heteroatoms. The molecule has 0 saturated heterocycles. The molecule has 0 bridgehead atoms. The predicted molar refractivity (Wildman–Crippen MR) is 106 cm³/mol. The van der Waals surface area contributed by atoms with Crippen LogP contribution in [0, 0.1) is 23.3 Å². The Morgan fingerprint density at radius 2 is 1.57 bits per heavy atom. The van der Waals surface area contributed by atoms with Crippen LogP contribution in [-0.4, -0.2) is 18.0 Å². The molecule has 152 valence electrons. The lowest BCUT2D eigenvalue weighted by Gasteiger charge is -2.13. The van der Waals surface area contributed by atoms with Crippen molar-refractivity contribution in [3.8, 4) is 16.3 Å². The summed E-state index contributed by atoms with van der Waals surface area (Å²) in [5.74, 6) is -9.86. The van der Waals surface area contributed by atoms with Crippen molar-refractivity contribution in [2.45, 2.75) is 0 Å². The fraction of sp³-hybridized carbons (Fsp3) is 0.0476. The molecule has 1 N–H and O–H groups in total. The Morgan fingerprint density at radius 3 is 2.23 bits per heavy atom. The van der Waals surface area contributed by atoms with Crippen molar-refractivity contribution in [2.75, 3.05) is 12.4 Å². The number of benzene rings is 3. The van der Waals surface area contributed by atoms with Gasteiger partial charge < -0.3 is 10.1 Å². The second kappa shape index (κ2) is 7.75. The molecule has 3 aromatic carbocycles. The minimum Gasteiger partial charge on any atom is -0.491 e. The number of rotatable bonds is 4. The summed E-state index contributed by atoms with van der Waals surface area (Å²) in [5.41, 5.74) is 0.0271. The van der Waals surface area contributed by atoms with Gasteiger partial charge >= 0.3 is 0 Å². The van der Waals surface area contributed by atoms with Crippen LogP contribution in [0.25, 0.3) is 20.8 Å². The number of fused-ring (bicyclic) bond motifs is 1. The van der Waals surface area contributed by atoms with Gasteiger partial charge in [-0.2, -0.15) is 8.78 Å². The summed E-state index contributed by atoms with van der Waals surface area (Å²) in [5, 5.41) is 2.87. The Bertz CT molecular complexity index is 1230. The van der Waals surface area contributed by atoms with Gasteiger partial charge in [-0.25, -0.2) is 13.8 Å². The van der Waals surface area contributed by atoms with Crippen LogP contribution >= 0.6 is 11.3 Å². The summed E-state index contributed by atoms with van der Waals surface area (Å²) in [6.07, 6.45) is 0. The number of nitrogens with one attached hydrogen (secondary N) is 1. The summed E-state index contributed by atoms with van der Waals surface area (Å²) in [6, 6.07) is 13.8. The standard InChI is InChI=1S/C21H12F4N2O2S/c1-29-19-17(24)15(22)14(16(23)18(19)25)20(28)26-11-7-3-2-6-10(11)21-27-12-8-4-5-9-13(12)30-21/h2-9H,1H3,(H,26,28). The SMILES string of the molecule is COc1c(F)c(F)c(C(=O)Nc2ccccc2-c2nc3ccccc3s2)c(F)c1F. The molecular weight excluding hydrogens is 420 g/mol. The summed E-state index contributed by atoms with van der Waals surface area (Å²) in [4.78, 5) is 17.0. The third kappa shape index (κ3) is 3.26. The lowest BCUT2D eigenvalue weighted by atomic mass is 10.1. The average molecular weight is 432 g/mol. The lowest BCUT2D eigenvalue weighted by molar-refractivity contribution is 0.101. The first-order valence-corrected chi connectivity index (χ1v) is 9.40. The molecule has 1 amide bonds. The van der Waals surface area contributed by atoms with E-state index in [-0.39, 0.29) is 5.69 Å². The molecule has 0 aliphatic heterocycles. The normalized spacial score (nSPS) is 11.0. The zero-order valence-corrected chi connectivity index (χ0v) is 16.1. The smallest absolute Gasteiger partial charge is 0.261 e. The van der Waals surface area contributed by atoms with Crippen LogP contribution in [0.1, 0.15) is 10.4 Å². The summed E-state index contributed by atoms with van der Waals surface area (Å²) >= 11 is 1.36. The molecule has 0 spiro atoms. The maximum absolute atomic E-state index is 14.3. The highest BCUT2D eigenvalue weighted by Gasteiger charge is 2.30. The first-order valence-electron chi connectivity index (χ1n) is 8.58. The van der Waals surface area contributed by atoms with Gasteiger partial charge in [-0.15, -0.1) is 11.3 Å². The van der Waals surface area contributed by atoms with Crippen molar-refractivity contribution < 1.29 is 27.1 Å². The maximum atomic E-state index is 14.3. The van der Waals surface area contributed by atoms with Gasteiger partial charge in [-0.3, -0.25) is 4.79 Å². The number of anilines is 1. The third-order valence-corrected chi connectivity index (χ3v) is 5.42. The monoisotopic (exact) mass is 432 g/mol. The van der Waals surface area contributed by atoms with Crippen molar-refractivity contribution >= 4 is 33.1 Å². The summed E-state index contributed by atoms with van der Waals surface area (Å²) in [6.45, 7) is 0. The van der Waals surface area contributed by atoms with Crippen LogP contribution < -0.4 is 10.1 Å². The minimum absolute atomic E-state index is 0.178. The van der Waals surface area contributed by atoms with Gasteiger partial charge in [0.15, 0.2) is 17.4 Å². The highest BCUT2D eigenvalue weighted by atomic mass is 32.1. The Balaban J connectivity index is 1.75. The number of halogens is 4. The topological polar surface area (TPSA) is 51.2 Å². The van der Waals surface area contributed by atoms with Gasteiger partial charge in [0.2, 0.25) is 11.6 Å². The second-order valence-electron chi connectivity index (χ2n) is 6.15. The molecule has 4 aromatic rings. The Kier molecular flexibility index (Phi) is 5.13. The van der Waals surface area contributed by atoms with Crippen LogP contribution in [0.3, 0.4) is 0 Å². The number of carbonyl (C=O) groups excluding carboxylic acids is 1. The molecule has 4 rings (SSSR count). The predicted octanol–water partition coefficient (Wildman–Crippen LogP) is 5.78. The van der Waals surface area contributed by atoms with Gasteiger partial charge in [0.1, 0.15) is 10.6 Å². The Labute approximate surface area is 171 Å². The maximum Gasteiger partial charge on any atom is 0.261 e. The van der Waals surface area contributed by atoms with E-state index in [1.165, 1.54) is 17.4 Å². The van der Waals surface area contributed by atoms with Crippen LogP contribution in [0.5, 0.6) is 5.75 Å². The quantitative estimate of drug-likeness (QED) is 0.329. The Hall–Kier alpha value is -3.46. The van der Waals surface area contributed by atoms with Gasteiger partial charge in [0, 0.05) is 5.56 Å². The van der Waals surface area contributed by atoms with E-state index in [4.69, 9.17) is 0 Å². The molecule has 4 nitrogen and oxygen atoms in total. The third-order valence-electron chi connectivity index (χ3n) is 4.35. The van der Waals surface area contributed by atoms with Crippen LogP contribution in [-0.2, 0) is 0 Å². The number of thiazole rings is 1. The van der Waals surface area contributed by atoms with Crippen molar-refractivity contribution in [2.24, 2.45) is 0 Å². The number of methoxy groups -OCH3 is 1. The van der Waals surface area contributed by atoms with Gasteiger partial charge in [-0.05, 0) is 24.3 Å². The van der Waals surface area contributed by atoms with Gasteiger partial charge in [0.05, 0.1) is 23.0 Å². The largest absolute Gasteiger partial charge is 0.491 e. The second-order valence-corrected chi connectivity index (χ2v) is 7.18. The van der Waals surface area contributed by atoms with E-state index in [1.54, 1.807) is 18.2 Å². The van der Waals surface area contributed by atoms with E-state index in [9.17, 15) is 22.4 Å². The van der Waals surface area contributed by atoms with Gasteiger partial charge in [0.25, 0.3) is 5.91 Å². The highest BCUT2D eigenvalue weighted by Crippen LogP contribution is 2.35. The summed E-state index contributed by atoms with van der Waals surface area (Å²) < 4.78 is 61.7. The highest BCUT2D eigenvalue weighted by molar-refractivity contribution is 7.21. The molecule has 1 aromatic heterocycles. The fourth-order valence-electron chi connectivity index (χ4n) is 2.94. The number of hydrogen-bond acceptors (Lipinski definition) is 4. The molecule has 30 heavy (non-hydrogen) atoms. The molecular formula is C21H12F4N2O2S.